The van der Waals surface area contributed by atoms with E-state index in [0.29, 0.717) is 0 Å². The van der Waals surface area contributed by atoms with Gasteiger partial charge in [0, 0.05) is 39.1 Å². The predicted octanol–water partition coefficient (Wildman–Crippen LogP) is 6.70. The van der Waals surface area contributed by atoms with E-state index in [9.17, 15) is 0 Å². The Morgan fingerprint density at radius 3 is 2.55 bits per heavy atom. The van der Waals surface area contributed by atoms with Gasteiger partial charge in [0.2, 0.25) is 0 Å². The number of benzene rings is 1. The number of thiazole rings is 1. The van der Waals surface area contributed by atoms with Crippen LogP contribution in [0.25, 0.3) is 22.0 Å². The number of aromatic nitrogens is 4. The van der Waals surface area contributed by atoms with Gasteiger partial charge in [0.25, 0.3) is 0 Å². The highest BCUT2D eigenvalue weighted by Gasteiger charge is 2.16. The van der Waals surface area contributed by atoms with Gasteiger partial charge in [-0.3, -0.25) is 0 Å². The van der Waals surface area contributed by atoms with Crippen LogP contribution >= 0.6 is 34.4 Å². The smallest absolute Gasteiger partial charge is 0.191 e. The molecule has 4 rings (SSSR count). The van der Waals surface area contributed by atoms with E-state index < -0.39 is 0 Å². The van der Waals surface area contributed by atoms with Crippen molar-refractivity contribution >= 4 is 34.4 Å². The molecule has 0 unspecified atom stereocenters. The first-order valence-electron chi connectivity index (χ1n) is 9.83. The van der Waals surface area contributed by atoms with E-state index in [1.165, 1.54) is 21.6 Å². The summed E-state index contributed by atoms with van der Waals surface area (Å²) in [6.07, 6.45) is 2.11. The Morgan fingerprint density at radius 1 is 1.00 bits per heavy atom. The fraction of sp³-hybridized carbons (Fsp3) is 0.318. The van der Waals surface area contributed by atoms with Crippen LogP contribution in [0.2, 0.25) is 0 Å². The molecule has 0 aliphatic rings. The standard InChI is InChI=1S/C22H24N4S3/c1-4-10-26-20(17-11-19(5-2)27-12-17)24-25-22(26)29-14-18-13-28-21(23-18)16-8-6-15(3)7-9-16/h6-9,11-13H,4-5,10,14H2,1-3H3. The summed E-state index contributed by atoms with van der Waals surface area (Å²) >= 11 is 5.21. The van der Waals surface area contributed by atoms with Crippen molar-refractivity contribution in [1.82, 2.24) is 19.7 Å². The Hall–Kier alpha value is -1.96. The average molecular weight is 441 g/mol. The van der Waals surface area contributed by atoms with Crippen LogP contribution in [0.15, 0.2) is 46.2 Å². The van der Waals surface area contributed by atoms with Gasteiger partial charge in [-0.2, -0.15) is 0 Å². The number of hydrogen-bond donors (Lipinski definition) is 0. The second-order valence-electron chi connectivity index (χ2n) is 6.91. The predicted molar refractivity (Wildman–Crippen MR) is 125 cm³/mol. The first-order valence-corrected chi connectivity index (χ1v) is 12.6. The molecule has 0 spiro atoms. The van der Waals surface area contributed by atoms with Crippen molar-refractivity contribution in [3.05, 3.63) is 57.2 Å². The number of nitrogens with zero attached hydrogens (tertiary/aromatic N) is 4. The van der Waals surface area contributed by atoms with Crippen LogP contribution in [0.5, 0.6) is 0 Å². The molecule has 150 valence electrons. The zero-order valence-corrected chi connectivity index (χ0v) is 19.3. The van der Waals surface area contributed by atoms with Crippen molar-refractivity contribution in [1.29, 1.82) is 0 Å². The quantitative estimate of drug-likeness (QED) is 0.286. The summed E-state index contributed by atoms with van der Waals surface area (Å²) in [6, 6.07) is 10.8. The van der Waals surface area contributed by atoms with E-state index in [2.05, 4.69) is 76.6 Å². The maximum Gasteiger partial charge on any atom is 0.191 e. The summed E-state index contributed by atoms with van der Waals surface area (Å²) in [5.74, 6) is 1.78. The Balaban J connectivity index is 1.50. The molecule has 0 radical (unpaired) electrons. The third kappa shape index (κ3) is 4.63. The van der Waals surface area contributed by atoms with Crippen LogP contribution < -0.4 is 0 Å². The molecule has 1 aromatic carbocycles. The van der Waals surface area contributed by atoms with Gasteiger partial charge < -0.3 is 4.57 Å². The van der Waals surface area contributed by atoms with Crippen molar-refractivity contribution in [2.24, 2.45) is 0 Å². The Bertz CT molecular complexity index is 1080. The van der Waals surface area contributed by atoms with E-state index in [1.54, 1.807) is 34.4 Å². The molecule has 0 amide bonds. The van der Waals surface area contributed by atoms with E-state index in [1.807, 2.05) is 0 Å². The lowest BCUT2D eigenvalue weighted by Gasteiger charge is -2.07. The summed E-state index contributed by atoms with van der Waals surface area (Å²) in [6.45, 7) is 7.41. The maximum absolute atomic E-state index is 4.82. The number of thioether (sulfide) groups is 1. The Labute approximate surface area is 184 Å². The lowest BCUT2D eigenvalue weighted by Crippen LogP contribution is -2.01. The zero-order chi connectivity index (χ0) is 20.2. The topological polar surface area (TPSA) is 43.6 Å². The molecule has 0 saturated carbocycles. The van der Waals surface area contributed by atoms with Crippen LogP contribution in [0.1, 0.15) is 36.4 Å². The normalized spacial score (nSPS) is 11.3. The van der Waals surface area contributed by atoms with Gasteiger partial charge >= 0.3 is 0 Å². The second-order valence-corrected chi connectivity index (χ2v) is 9.71. The fourth-order valence-corrected chi connectivity index (χ4v) is 5.66. The zero-order valence-electron chi connectivity index (χ0n) is 16.9. The molecular formula is C22H24N4S3. The average Bonchev–Trinajstić information content (AvgIpc) is 3.47. The number of rotatable bonds is 8. The van der Waals surface area contributed by atoms with E-state index in [0.717, 1.165) is 46.8 Å². The van der Waals surface area contributed by atoms with E-state index >= 15 is 0 Å². The monoisotopic (exact) mass is 440 g/mol. The van der Waals surface area contributed by atoms with Crippen LogP contribution in [0.3, 0.4) is 0 Å². The highest BCUT2D eigenvalue weighted by Crippen LogP contribution is 2.31. The molecule has 0 N–H and O–H groups in total. The van der Waals surface area contributed by atoms with Gasteiger partial charge in [0.15, 0.2) is 11.0 Å². The summed E-state index contributed by atoms with van der Waals surface area (Å²) < 4.78 is 2.25. The van der Waals surface area contributed by atoms with Crippen LogP contribution in [-0.4, -0.2) is 19.7 Å². The van der Waals surface area contributed by atoms with Crippen molar-refractivity contribution in [3.8, 4) is 22.0 Å². The first kappa shape index (κ1) is 20.3. The van der Waals surface area contributed by atoms with Crippen LogP contribution in [0.4, 0.5) is 0 Å². The van der Waals surface area contributed by atoms with Crippen molar-refractivity contribution in [2.45, 2.75) is 51.1 Å². The minimum atomic E-state index is 0.800. The van der Waals surface area contributed by atoms with Gasteiger partial charge in [-0.15, -0.1) is 32.9 Å². The lowest BCUT2D eigenvalue weighted by atomic mass is 10.2. The van der Waals surface area contributed by atoms with E-state index in [4.69, 9.17) is 4.98 Å². The third-order valence-corrected chi connectivity index (χ3v) is 7.65. The molecule has 0 bridgehead atoms. The molecule has 0 aliphatic carbocycles. The molecule has 3 heterocycles. The number of hydrogen-bond acceptors (Lipinski definition) is 6. The number of aryl methyl sites for hydroxylation is 2. The van der Waals surface area contributed by atoms with Gasteiger partial charge in [-0.05, 0) is 25.8 Å². The molecule has 4 nitrogen and oxygen atoms in total. The summed E-state index contributed by atoms with van der Waals surface area (Å²) in [4.78, 5) is 6.20. The molecule has 3 aromatic heterocycles. The van der Waals surface area contributed by atoms with Crippen LogP contribution in [-0.2, 0) is 18.7 Å². The minimum absolute atomic E-state index is 0.800. The van der Waals surface area contributed by atoms with Gasteiger partial charge in [-0.25, -0.2) is 4.98 Å². The highest BCUT2D eigenvalue weighted by atomic mass is 32.2. The first-order chi connectivity index (χ1) is 14.2. The van der Waals surface area contributed by atoms with Gasteiger partial charge in [0.05, 0.1) is 5.69 Å². The minimum Gasteiger partial charge on any atom is -0.302 e. The van der Waals surface area contributed by atoms with E-state index in [-0.39, 0.29) is 0 Å². The fourth-order valence-electron chi connectivity index (χ4n) is 3.06. The summed E-state index contributed by atoms with van der Waals surface area (Å²) in [7, 11) is 0. The summed E-state index contributed by atoms with van der Waals surface area (Å²) in [5, 5.41) is 15.4. The molecule has 7 heteroatoms. The molecule has 0 fully saturated rings. The highest BCUT2D eigenvalue weighted by molar-refractivity contribution is 7.98. The molecular weight excluding hydrogens is 416 g/mol. The Morgan fingerprint density at radius 2 is 1.83 bits per heavy atom. The molecule has 0 saturated heterocycles. The largest absolute Gasteiger partial charge is 0.302 e. The molecule has 0 aliphatic heterocycles. The third-order valence-electron chi connectivity index (χ3n) is 4.62. The maximum atomic E-state index is 4.82. The number of thiophene rings is 1. The van der Waals surface area contributed by atoms with Crippen molar-refractivity contribution in [3.63, 3.8) is 0 Å². The molecule has 4 aromatic rings. The summed E-state index contributed by atoms with van der Waals surface area (Å²) in [5.41, 5.74) is 4.71. The molecule has 29 heavy (non-hydrogen) atoms. The Kier molecular flexibility index (Phi) is 6.47. The van der Waals surface area contributed by atoms with Crippen molar-refractivity contribution in [2.75, 3.05) is 0 Å². The van der Waals surface area contributed by atoms with Gasteiger partial charge in [-0.1, -0.05) is 55.4 Å². The lowest BCUT2D eigenvalue weighted by molar-refractivity contribution is 0.626. The van der Waals surface area contributed by atoms with Gasteiger partial charge in [0.1, 0.15) is 5.01 Å². The van der Waals surface area contributed by atoms with Crippen LogP contribution in [0, 0.1) is 6.92 Å². The van der Waals surface area contributed by atoms with Crippen molar-refractivity contribution < 1.29 is 0 Å². The SMILES string of the molecule is CCCn1c(SCc2csc(-c3ccc(C)cc3)n2)nnc1-c1csc(CC)c1. The molecule has 0 atom stereocenters. The second kappa shape index (κ2) is 9.24.